The van der Waals surface area contributed by atoms with Crippen LogP contribution in [0.25, 0.3) is 0 Å². The lowest BCUT2D eigenvalue weighted by atomic mass is 10.1. The first kappa shape index (κ1) is 21.0. The van der Waals surface area contributed by atoms with E-state index < -0.39 is 21.9 Å². The molecule has 0 radical (unpaired) electrons. The number of nitrogens with one attached hydrogen (secondary N) is 2. The number of pyridine rings is 1. The molecule has 28 heavy (non-hydrogen) atoms. The van der Waals surface area contributed by atoms with Crippen LogP contribution in [-0.4, -0.2) is 44.8 Å². The second-order valence-electron chi connectivity index (χ2n) is 5.74. The van der Waals surface area contributed by atoms with Crippen molar-refractivity contribution >= 4 is 27.8 Å². The number of hydrogen-bond donors (Lipinski definition) is 2. The summed E-state index contributed by atoms with van der Waals surface area (Å²) in [6, 6.07) is 8.59. The fourth-order valence-corrected chi connectivity index (χ4v) is 3.29. The normalized spacial score (nSPS) is 10.8. The number of amides is 2. The van der Waals surface area contributed by atoms with Gasteiger partial charge < -0.3 is 10.1 Å². The van der Waals surface area contributed by atoms with Crippen molar-refractivity contribution in [2.75, 3.05) is 13.7 Å². The number of aromatic nitrogens is 1. The van der Waals surface area contributed by atoms with Crippen LogP contribution >= 0.6 is 0 Å². The molecule has 0 bridgehead atoms. The molecule has 2 aromatic rings. The van der Waals surface area contributed by atoms with E-state index in [0.29, 0.717) is 18.5 Å². The summed E-state index contributed by atoms with van der Waals surface area (Å²) in [5.41, 5.74) is 0.653. The third-order valence-corrected chi connectivity index (χ3v) is 4.97. The van der Waals surface area contributed by atoms with Gasteiger partial charge in [-0.25, -0.2) is 22.9 Å². The Hall–Kier alpha value is -3.27. The van der Waals surface area contributed by atoms with Gasteiger partial charge in [-0.05, 0) is 36.2 Å². The Morgan fingerprint density at radius 3 is 2.50 bits per heavy atom. The van der Waals surface area contributed by atoms with E-state index >= 15 is 0 Å². The number of hydrogen-bond acceptors (Lipinski definition) is 7. The van der Waals surface area contributed by atoms with Gasteiger partial charge in [-0.15, -0.1) is 0 Å². The van der Waals surface area contributed by atoms with E-state index in [1.165, 1.54) is 38.3 Å². The SMILES string of the molecule is COC(=O)c1ccc(C(=O)NS(=O)(=O)c2cccc(CCNC(C)=O)c2)cn1. The van der Waals surface area contributed by atoms with E-state index in [1.54, 1.807) is 12.1 Å². The van der Waals surface area contributed by atoms with Crippen LogP contribution < -0.4 is 10.0 Å². The van der Waals surface area contributed by atoms with Gasteiger partial charge in [0.25, 0.3) is 15.9 Å². The smallest absolute Gasteiger partial charge is 0.356 e. The van der Waals surface area contributed by atoms with Crippen LogP contribution in [0, 0.1) is 0 Å². The maximum Gasteiger partial charge on any atom is 0.356 e. The Morgan fingerprint density at radius 1 is 1.14 bits per heavy atom. The molecular formula is C18H19N3O6S. The molecule has 9 nitrogen and oxygen atoms in total. The Bertz CT molecular complexity index is 987. The van der Waals surface area contributed by atoms with Crippen molar-refractivity contribution in [2.45, 2.75) is 18.2 Å². The van der Waals surface area contributed by atoms with Crippen LogP contribution in [-0.2, 0) is 26.0 Å². The molecule has 0 saturated carbocycles. The van der Waals surface area contributed by atoms with Crippen LogP contribution in [0.2, 0.25) is 0 Å². The first-order valence-corrected chi connectivity index (χ1v) is 9.66. The number of carbonyl (C=O) groups is 3. The highest BCUT2D eigenvalue weighted by Gasteiger charge is 2.20. The summed E-state index contributed by atoms with van der Waals surface area (Å²) in [7, 11) is -2.91. The van der Waals surface area contributed by atoms with E-state index in [9.17, 15) is 22.8 Å². The fraction of sp³-hybridized carbons (Fsp3) is 0.222. The molecule has 1 aromatic carbocycles. The lowest BCUT2D eigenvalue weighted by Gasteiger charge is -2.09. The van der Waals surface area contributed by atoms with Gasteiger partial charge in [0, 0.05) is 19.7 Å². The molecule has 0 aliphatic rings. The second-order valence-corrected chi connectivity index (χ2v) is 7.42. The van der Waals surface area contributed by atoms with Gasteiger partial charge in [0.15, 0.2) is 0 Å². The summed E-state index contributed by atoms with van der Waals surface area (Å²) < 4.78 is 31.4. The number of carbonyl (C=O) groups excluding carboxylic acids is 3. The molecule has 148 valence electrons. The lowest BCUT2D eigenvalue weighted by Crippen LogP contribution is -2.30. The quantitative estimate of drug-likeness (QED) is 0.647. The number of benzene rings is 1. The number of esters is 1. The van der Waals surface area contributed by atoms with Gasteiger partial charge in [-0.1, -0.05) is 12.1 Å². The number of nitrogens with zero attached hydrogens (tertiary/aromatic N) is 1. The molecule has 10 heteroatoms. The number of ether oxygens (including phenoxy) is 1. The van der Waals surface area contributed by atoms with E-state index in [1.807, 2.05) is 4.72 Å². The molecule has 0 aliphatic heterocycles. The van der Waals surface area contributed by atoms with Crippen molar-refractivity contribution in [1.82, 2.24) is 15.0 Å². The monoisotopic (exact) mass is 405 g/mol. The van der Waals surface area contributed by atoms with Crippen LogP contribution in [0.3, 0.4) is 0 Å². The maximum absolute atomic E-state index is 12.5. The zero-order chi connectivity index (χ0) is 20.7. The largest absolute Gasteiger partial charge is 0.464 e. The molecule has 0 spiro atoms. The molecule has 2 rings (SSSR count). The van der Waals surface area contributed by atoms with Crippen molar-refractivity contribution in [1.29, 1.82) is 0 Å². The predicted octanol–water partition coefficient (Wildman–Crippen LogP) is 0.665. The van der Waals surface area contributed by atoms with Crippen molar-refractivity contribution in [2.24, 2.45) is 0 Å². The Morgan fingerprint density at radius 2 is 1.89 bits per heavy atom. The minimum absolute atomic E-state index is 0.00576. The third kappa shape index (κ3) is 5.61. The minimum Gasteiger partial charge on any atom is -0.464 e. The summed E-state index contributed by atoms with van der Waals surface area (Å²) in [5.74, 6) is -1.73. The van der Waals surface area contributed by atoms with E-state index in [0.717, 1.165) is 6.20 Å². The van der Waals surface area contributed by atoms with Gasteiger partial charge >= 0.3 is 5.97 Å². The molecule has 2 amide bonds. The molecule has 0 fully saturated rings. The van der Waals surface area contributed by atoms with E-state index in [2.05, 4.69) is 15.0 Å². The Balaban J connectivity index is 2.11. The predicted molar refractivity (Wildman–Crippen MR) is 99.1 cm³/mol. The average Bonchev–Trinajstić information content (AvgIpc) is 2.67. The lowest BCUT2D eigenvalue weighted by molar-refractivity contribution is -0.118. The summed E-state index contributed by atoms with van der Waals surface area (Å²) in [6.45, 7) is 1.76. The summed E-state index contributed by atoms with van der Waals surface area (Å²) in [5, 5.41) is 2.62. The molecule has 0 unspecified atom stereocenters. The Kier molecular flexibility index (Phi) is 6.83. The third-order valence-electron chi connectivity index (χ3n) is 3.64. The van der Waals surface area contributed by atoms with Crippen molar-refractivity contribution in [3.63, 3.8) is 0 Å². The molecule has 1 heterocycles. The van der Waals surface area contributed by atoms with Crippen molar-refractivity contribution in [3.8, 4) is 0 Å². The molecule has 0 aliphatic carbocycles. The highest BCUT2D eigenvalue weighted by atomic mass is 32.2. The molecule has 0 atom stereocenters. The van der Waals surface area contributed by atoms with E-state index in [-0.39, 0.29) is 22.1 Å². The summed E-state index contributed by atoms with van der Waals surface area (Å²) >= 11 is 0. The first-order valence-electron chi connectivity index (χ1n) is 8.18. The second kappa shape index (κ2) is 9.09. The van der Waals surface area contributed by atoms with E-state index in [4.69, 9.17) is 0 Å². The summed E-state index contributed by atoms with van der Waals surface area (Å²) in [4.78, 5) is 38.2. The molecular weight excluding hydrogens is 386 g/mol. The van der Waals surface area contributed by atoms with Crippen LogP contribution in [0.5, 0.6) is 0 Å². The highest BCUT2D eigenvalue weighted by molar-refractivity contribution is 7.90. The molecule has 2 N–H and O–H groups in total. The van der Waals surface area contributed by atoms with Gasteiger partial charge in [0.05, 0.1) is 17.6 Å². The standard InChI is InChI=1S/C18H19N3O6S/c1-12(22)19-9-8-13-4-3-5-15(10-13)28(25,26)21-17(23)14-6-7-16(20-11-14)18(24)27-2/h3-7,10-11H,8-9H2,1-2H3,(H,19,22)(H,21,23). The van der Waals surface area contributed by atoms with Crippen molar-refractivity contribution < 1.29 is 27.5 Å². The summed E-state index contributed by atoms with van der Waals surface area (Å²) in [6.07, 6.45) is 1.52. The molecule has 1 aromatic heterocycles. The topological polar surface area (TPSA) is 132 Å². The Labute approximate surface area is 162 Å². The minimum atomic E-state index is -4.11. The maximum atomic E-state index is 12.5. The number of rotatable bonds is 7. The zero-order valence-corrected chi connectivity index (χ0v) is 16.1. The highest BCUT2D eigenvalue weighted by Crippen LogP contribution is 2.13. The van der Waals surface area contributed by atoms with Gasteiger partial charge in [0.2, 0.25) is 5.91 Å². The fourth-order valence-electron chi connectivity index (χ4n) is 2.24. The zero-order valence-electron chi connectivity index (χ0n) is 15.3. The van der Waals surface area contributed by atoms with Gasteiger partial charge in [-0.2, -0.15) is 0 Å². The average molecular weight is 405 g/mol. The molecule has 0 saturated heterocycles. The number of methoxy groups -OCH3 is 1. The van der Waals surface area contributed by atoms with Crippen LogP contribution in [0.15, 0.2) is 47.5 Å². The first-order chi connectivity index (χ1) is 13.2. The number of sulfonamides is 1. The van der Waals surface area contributed by atoms with Crippen LogP contribution in [0.4, 0.5) is 0 Å². The van der Waals surface area contributed by atoms with Gasteiger partial charge in [0.1, 0.15) is 5.69 Å². The van der Waals surface area contributed by atoms with Crippen LogP contribution in [0.1, 0.15) is 33.3 Å². The van der Waals surface area contributed by atoms with Crippen molar-refractivity contribution in [3.05, 3.63) is 59.4 Å². The van der Waals surface area contributed by atoms with Gasteiger partial charge in [-0.3, -0.25) is 9.59 Å².